The Kier molecular flexibility index (Phi) is 3.08. The Labute approximate surface area is 98.4 Å². The summed E-state index contributed by atoms with van der Waals surface area (Å²) in [6.45, 7) is 2.82. The molecule has 92 valence electrons. The van der Waals surface area contributed by atoms with Crippen LogP contribution in [0, 0.1) is 5.92 Å². The first-order chi connectivity index (χ1) is 8.11. The number of hydrogen-bond acceptors (Lipinski definition) is 4. The Morgan fingerprint density at radius 1 is 1.59 bits per heavy atom. The van der Waals surface area contributed by atoms with Crippen LogP contribution in [0.3, 0.4) is 0 Å². The maximum atomic E-state index is 12.0. The lowest BCUT2D eigenvalue weighted by Gasteiger charge is -2.13. The smallest absolute Gasteiger partial charge is 0.293 e. The van der Waals surface area contributed by atoms with E-state index in [0.717, 1.165) is 0 Å². The minimum atomic E-state index is -0.357. The molecule has 17 heavy (non-hydrogen) atoms. The average molecular weight is 237 g/mol. The van der Waals surface area contributed by atoms with E-state index < -0.39 is 0 Å². The minimum absolute atomic E-state index is 0.159. The third-order valence-electron chi connectivity index (χ3n) is 2.94. The molecule has 2 rings (SSSR count). The van der Waals surface area contributed by atoms with Crippen molar-refractivity contribution >= 4 is 11.8 Å². The van der Waals surface area contributed by atoms with Gasteiger partial charge in [0.05, 0.1) is 5.92 Å². The quantitative estimate of drug-likeness (QED) is 0.726. The van der Waals surface area contributed by atoms with E-state index >= 15 is 0 Å². The van der Waals surface area contributed by atoms with Crippen molar-refractivity contribution in [2.75, 3.05) is 13.1 Å². The molecule has 1 aromatic rings. The number of nitrogens with two attached hydrogens (primary N) is 1. The second-order valence-corrected chi connectivity index (χ2v) is 4.10. The summed E-state index contributed by atoms with van der Waals surface area (Å²) in [4.78, 5) is 28.6. The van der Waals surface area contributed by atoms with Gasteiger partial charge in [-0.05, 0) is 6.42 Å². The van der Waals surface area contributed by atoms with E-state index in [2.05, 4.69) is 15.2 Å². The number of nitrogens with one attached hydrogen (secondary N) is 1. The molecule has 0 bridgehead atoms. The zero-order valence-electron chi connectivity index (χ0n) is 9.64. The lowest BCUT2D eigenvalue weighted by molar-refractivity contribution is -0.121. The van der Waals surface area contributed by atoms with Crippen molar-refractivity contribution in [3.8, 4) is 0 Å². The number of aromatic nitrogens is 3. The summed E-state index contributed by atoms with van der Waals surface area (Å²) in [5.41, 5.74) is 5.21. The molecule has 1 fully saturated rings. The molecule has 1 unspecified atom stereocenters. The summed E-state index contributed by atoms with van der Waals surface area (Å²) in [7, 11) is 0. The zero-order chi connectivity index (χ0) is 12.4. The highest BCUT2D eigenvalue weighted by molar-refractivity contribution is 5.91. The predicted molar refractivity (Wildman–Crippen MR) is 59.0 cm³/mol. The lowest BCUT2D eigenvalue weighted by atomic mass is 10.1. The number of carbonyl (C=O) groups is 2. The van der Waals surface area contributed by atoms with Gasteiger partial charge in [-0.2, -0.15) is 0 Å². The summed E-state index contributed by atoms with van der Waals surface area (Å²) < 4.78 is 0. The lowest BCUT2D eigenvalue weighted by Crippen LogP contribution is -2.32. The average Bonchev–Trinajstić information content (AvgIpc) is 2.97. The van der Waals surface area contributed by atoms with E-state index in [1.807, 2.05) is 6.92 Å². The number of likely N-dealkylation sites (tertiary alicyclic amines) is 1. The number of aromatic amines is 1. The standard InChI is InChI=1S/C10H15N5O2/c1-2-7-12-9(14-13-7)10(17)15-4-3-6(5-15)8(11)16/h6H,2-5H2,1H3,(H2,11,16)(H,12,13,14). The second-order valence-electron chi connectivity index (χ2n) is 4.10. The van der Waals surface area contributed by atoms with Crippen molar-refractivity contribution < 1.29 is 9.59 Å². The van der Waals surface area contributed by atoms with Gasteiger partial charge < -0.3 is 10.6 Å². The minimum Gasteiger partial charge on any atom is -0.369 e. The maximum absolute atomic E-state index is 12.0. The van der Waals surface area contributed by atoms with Crippen molar-refractivity contribution in [2.24, 2.45) is 11.7 Å². The summed E-state index contributed by atoms with van der Waals surface area (Å²) >= 11 is 0. The fourth-order valence-corrected chi connectivity index (χ4v) is 1.87. The van der Waals surface area contributed by atoms with E-state index in [0.29, 0.717) is 31.8 Å². The van der Waals surface area contributed by atoms with Crippen LogP contribution >= 0.6 is 0 Å². The largest absolute Gasteiger partial charge is 0.369 e. The van der Waals surface area contributed by atoms with Crippen molar-refractivity contribution in [3.05, 3.63) is 11.6 Å². The van der Waals surface area contributed by atoms with Crippen LogP contribution < -0.4 is 5.73 Å². The number of primary amides is 1. The van der Waals surface area contributed by atoms with Crippen LogP contribution in [0.5, 0.6) is 0 Å². The van der Waals surface area contributed by atoms with Gasteiger partial charge in [0.25, 0.3) is 5.91 Å². The second kappa shape index (κ2) is 4.52. The van der Waals surface area contributed by atoms with Crippen molar-refractivity contribution in [1.29, 1.82) is 0 Å². The highest BCUT2D eigenvalue weighted by Gasteiger charge is 2.31. The van der Waals surface area contributed by atoms with Gasteiger partial charge in [0.15, 0.2) is 0 Å². The molecular formula is C10H15N5O2. The highest BCUT2D eigenvalue weighted by Crippen LogP contribution is 2.17. The van der Waals surface area contributed by atoms with E-state index in [1.54, 1.807) is 4.90 Å². The van der Waals surface area contributed by atoms with E-state index in [-0.39, 0.29) is 23.6 Å². The fraction of sp³-hybridized carbons (Fsp3) is 0.600. The molecule has 1 aliphatic rings. The topological polar surface area (TPSA) is 105 Å². The molecule has 7 nitrogen and oxygen atoms in total. The van der Waals surface area contributed by atoms with Crippen LogP contribution in [0.4, 0.5) is 0 Å². The first-order valence-electron chi connectivity index (χ1n) is 5.61. The van der Waals surface area contributed by atoms with Gasteiger partial charge in [0.2, 0.25) is 11.7 Å². The van der Waals surface area contributed by atoms with Crippen molar-refractivity contribution in [2.45, 2.75) is 19.8 Å². The van der Waals surface area contributed by atoms with Crippen LogP contribution in [0.2, 0.25) is 0 Å². The van der Waals surface area contributed by atoms with Gasteiger partial charge in [0, 0.05) is 19.5 Å². The predicted octanol–water partition coefficient (Wildman–Crippen LogP) is -0.685. The van der Waals surface area contributed by atoms with E-state index in [1.165, 1.54) is 0 Å². The van der Waals surface area contributed by atoms with E-state index in [4.69, 9.17) is 5.73 Å². The van der Waals surface area contributed by atoms with E-state index in [9.17, 15) is 9.59 Å². The molecule has 1 saturated heterocycles. The molecule has 7 heteroatoms. The normalized spacial score (nSPS) is 19.6. The summed E-state index contributed by atoms with van der Waals surface area (Å²) in [6, 6.07) is 0. The number of rotatable bonds is 3. The number of carbonyl (C=O) groups excluding carboxylic acids is 2. The first-order valence-corrected chi connectivity index (χ1v) is 5.61. The monoisotopic (exact) mass is 237 g/mol. The molecular weight excluding hydrogens is 222 g/mol. The van der Waals surface area contributed by atoms with Crippen LogP contribution in [0.1, 0.15) is 29.8 Å². The van der Waals surface area contributed by atoms with Gasteiger partial charge in [-0.25, -0.2) is 4.98 Å². The Morgan fingerprint density at radius 3 is 2.88 bits per heavy atom. The molecule has 2 heterocycles. The van der Waals surface area contributed by atoms with Gasteiger partial charge >= 0.3 is 0 Å². The Morgan fingerprint density at radius 2 is 2.35 bits per heavy atom. The highest BCUT2D eigenvalue weighted by atomic mass is 16.2. The van der Waals surface area contributed by atoms with Crippen molar-refractivity contribution in [3.63, 3.8) is 0 Å². The molecule has 1 atom stereocenters. The molecule has 2 amide bonds. The third-order valence-corrected chi connectivity index (χ3v) is 2.94. The van der Waals surface area contributed by atoms with Crippen molar-refractivity contribution in [1.82, 2.24) is 20.1 Å². The van der Waals surface area contributed by atoms with Gasteiger partial charge in [-0.15, -0.1) is 5.10 Å². The first kappa shape index (κ1) is 11.6. The molecule has 1 aromatic heterocycles. The Bertz CT molecular complexity index is 442. The molecule has 0 radical (unpaired) electrons. The van der Waals surface area contributed by atoms with Crippen LogP contribution in [0.15, 0.2) is 0 Å². The van der Waals surface area contributed by atoms with Crippen LogP contribution in [-0.4, -0.2) is 45.0 Å². The molecule has 1 aliphatic heterocycles. The Balaban J connectivity index is 2.04. The molecule has 0 aromatic carbocycles. The van der Waals surface area contributed by atoms with Gasteiger partial charge in [-0.3, -0.25) is 14.7 Å². The molecule has 0 spiro atoms. The number of aryl methyl sites for hydroxylation is 1. The molecule has 0 saturated carbocycles. The SMILES string of the molecule is CCc1nc(C(=O)N2CCC(C(N)=O)C2)n[nH]1. The van der Waals surface area contributed by atoms with Gasteiger partial charge in [0.1, 0.15) is 5.82 Å². The maximum Gasteiger partial charge on any atom is 0.293 e. The van der Waals surface area contributed by atoms with Crippen LogP contribution in [0.25, 0.3) is 0 Å². The molecule has 0 aliphatic carbocycles. The number of hydrogen-bond donors (Lipinski definition) is 2. The zero-order valence-corrected chi connectivity index (χ0v) is 9.64. The molecule has 3 N–H and O–H groups in total. The Hall–Kier alpha value is -1.92. The summed E-state index contributed by atoms with van der Waals surface area (Å²) in [5.74, 6) is -0.0104. The fourth-order valence-electron chi connectivity index (χ4n) is 1.87. The summed E-state index contributed by atoms with van der Waals surface area (Å²) in [5, 5.41) is 6.55. The summed E-state index contributed by atoms with van der Waals surface area (Å²) in [6.07, 6.45) is 1.32. The number of amides is 2. The number of nitrogens with zero attached hydrogens (tertiary/aromatic N) is 3. The third kappa shape index (κ3) is 2.27. The van der Waals surface area contributed by atoms with Crippen LogP contribution in [-0.2, 0) is 11.2 Å². The number of H-pyrrole nitrogens is 1. The van der Waals surface area contributed by atoms with Gasteiger partial charge in [-0.1, -0.05) is 6.92 Å².